The Morgan fingerprint density at radius 1 is 1.36 bits per heavy atom. The summed E-state index contributed by atoms with van der Waals surface area (Å²) in [5, 5.41) is 6.81. The molecule has 0 aliphatic heterocycles. The Labute approximate surface area is 81.3 Å². The van der Waals surface area contributed by atoms with Crippen LogP contribution in [0.2, 0.25) is 0 Å². The van der Waals surface area contributed by atoms with Gasteiger partial charge >= 0.3 is 5.97 Å². The maximum atomic E-state index is 11.2. The van der Waals surface area contributed by atoms with Crippen LogP contribution in [0.3, 0.4) is 0 Å². The zero-order valence-corrected chi connectivity index (χ0v) is 8.54. The molecule has 4 N–H and O–H groups in total. The average molecular weight is 224 g/mol. The number of amides is 1. The molecule has 0 spiro atoms. The van der Waals surface area contributed by atoms with Crippen molar-refractivity contribution in [1.29, 1.82) is 0 Å². The molecule has 0 aliphatic carbocycles. The van der Waals surface area contributed by atoms with Crippen LogP contribution in [-0.2, 0) is 19.6 Å². The minimum atomic E-state index is -4.05. The van der Waals surface area contributed by atoms with Crippen LogP contribution in [0.25, 0.3) is 0 Å². The molecule has 0 aromatic rings. The summed E-state index contributed by atoms with van der Waals surface area (Å²) in [6, 6.07) is -1.12. The number of nitrogens with one attached hydrogen (secondary N) is 1. The van der Waals surface area contributed by atoms with Crippen LogP contribution >= 0.6 is 0 Å². The van der Waals surface area contributed by atoms with Gasteiger partial charge in [0, 0.05) is 0 Å². The topological polar surface area (TPSA) is 127 Å². The van der Waals surface area contributed by atoms with Gasteiger partial charge in [-0.2, -0.15) is 0 Å². The molecule has 0 aromatic carbocycles. The van der Waals surface area contributed by atoms with Gasteiger partial charge in [-0.15, -0.1) is 0 Å². The van der Waals surface area contributed by atoms with Crippen molar-refractivity contribution in [1.82, 2.24) is 4.72 Å². The van der Waals surface area contributed by atoms with E-state index in [2.05, 4.69) is 0 Å². The third kappa shape index (κ3) is 3.30. The van der Waals surface area contributed by atoms with Gasteiger partial charge in [0.1, 0.15) is 0 Å². The summed E-state index contributed by atoms with van der Waals surface area (Å²) in [6.07, 6.45) is 0. The zero-order chi connectivity index (χ0) is 11.5. The normalized spacial score (nSPS) is 15.9. The van der Waals surface area contributed by atoms with Crippen LogP contribution < -0.4 is 10.5 Å². The van der Waals surface area contributed by atoms with Crippen molar-refractivity contribution >= 4 is 21.9 Å². The van der Waals surface area contributed by atoms with E-state index in [1.54, 1.807) is 0 Å². The number of carboxylic acid groups (broad SMARTS) is 1. The maximum absolute atomic E-state index is 11.2. The molecule has 0 aromatic heterocycles. The van der Waals surface area contributed by atoms with E-state index in [1.165, 1.54) is 6.92 Å². The standard InChI is InChI=1S/C6H12N2O5S/c1-3(5(7)9)8-14(12,13)4(2)6(10)11/h3-4,8H,1-2H3,(H2,7,9)(H,10,11). The van der Waals surface area contributed by atoms with Crippen LogP contribution in [0.5, 0.6) is 0 Å². The summed E-state index contributed by atoms with van der Waals surface area (Å²) in [7, 11) is -4.05. The SMILES string of the molecule is CC(NS(=O)(=O)C(C)C(=O)O)C(N)=O. The largest absolute Gasteiger partial charge is 0.480 e. The predicted octanol–water partition coefficient (Wildman–Crippen LogP) is -1.75. The summed E-state index contributed by atoms with van der Waals surface area (Å²) in [4.78, 5) is 20.9. The van der Waals surface area contributed by atoms with Gasteiger partial charge in [-0.1, -0.05) is 0 Å². The van der Waals surface area contributed by atoms with Crippen LogP contribution in [0, 0.1) is 0 Å². The molecule has 0 radical (unpaired) electrons. The lowest BCUT2D eigenvalue weighted by Gasteiger charge is -2.13. The lowest BCUT2D eigenvalue weighted by Crippen LogP contribution is -2.47. The summed E-state index contributed by atoms with van der Waals surface area (Å²) >= 11 is 0. The molecule has 0 rings (SSSR count). The molecule has 0 heterocycles. The first-order chi connectivity index (χ1) is 6.18. The predicted molar refractivity (Wildman–Crippen MR) is 47.8 cm³/mol. The van der Waals surface area contributed by atoms with Gasteiger partial charge in [-0.3, -0.25) is 9.59 Å². The minimum Gasteiger partial charge on any atom is -0.480 e. The highest BCUT2D eigenvalue weighted by Gasteiger charge is 2.29. The maximum Gasteiger partial charge on any atom is 0.323 e. The molecule has 8 heteroatoms. The van der Waals surface area contributed by atoms with Crippen LogP contribution in [-0.4, -0.2) is 36.7 Å². The molecule has 2 atom stereocenters. The molecule has 0 bridgehead atoms. The van der Waals surface area contributed by atoms with Crippen molar-refractivity contribution in [2.45, 2.75) is 25.1 Å². The Kier molecular flexibility index (Phi) is 4.02. The summed E-state index contributed by atoms with van der Waals surface area (Å²) in [5.41, 5.74) is 4.81. The number of carboxylic acids is 1. The third-order valence-corrected chi connectivity index (χ3v) is 3.40. The molecule has 0 saturated carbocycles. The van der Waals surface area contributed by atoms with E-state index in [0.717, 1.165) is 6.92 Å². The summed E-state index contributed by atoms with van der Waals surface area (Å²) in [6.45, 7) is 2.23. The van der Waals surface area contributed by atoms with Gasteiger partial charge in [0.25, 0.3) is 0 Å². The monoisotopic (exact) mass is 224 g/mol. The number of carbonyl (C=O) groups excluding carboxylic acids is 1. The Morgan fingerprint density at radius 2 is 1.79 bits per heavy atom. The second-order valence-corrected chi connectivity index (χ2v) is 4.80. The van der Waals surface area contributed by atoms with Crippen molar-refractivity contribution in [3.05, 3.63) is 0 Å². The van der Waals surface area contributed by atoms with E-state index in [4.69, 9.17) is 10.8 Å². The first kappa shape index (κ1) is 12.8. The molecule has 82 valence electrons. The van der Waals surface area contributed by atoms with E-state index < -0.39 is 33.2 Å². The van der Waals surface area contributed by atoms with E-state index in [0.29, 0.717) is 0 Å². The van der Waals surface area contributed by atoms with E-state index >= 15 is 0 Å². The lowest BCUT2D eigenvalue weighted by molar-refractivity contribution is -0.136. The number of aliphatic carboxylic acids is 1. The van der Waals surface area contributed by atoms with Gasteiger partial charge in [-0.05, 0) is 13.8 Å². The number of primary amides is 1. The number of hydrogen-bond acceptors (Lipinski definition) is 4. The van der Waals surface area contributed by atoms with E-state index in [9.17, 15) is 18.0 Å². The molecule has 0 aliphatic rings. The Bertz CT molecular complexity index is 336. The van der Waals surface area contributed by atoms with E-state index in [-0.39, 0.29) is 0 Å². The van der Waals surface area contributed by atoms with Crippen LogP contribution in [0.1, 0.15) is 13.8 Å². The Morgan fingerprint density at radius 3 is 2.07 bits per heavy atom. The number of rotatable bonds is 5. The smallest absolute Gasteiger partial charge is 0.323 e. The van der Waals surface area contributed by atoms with Crippen molar-refractivity contribution in [2.24, 2.45) is 5.73 Å². The van der Waals surface area contributed by atoms with Crippen LogP contribution in [0.4, 0.5) is 0 Å². The second kappa shape index (κ2) is 4.38. The Hall–Kier alpha value is -1.15. The van der Waals surface area contributed by atoms with Crippen molar-refractivity contribution in [2.75, 3.05) is 0 Å². The highest BCUT2D eigenvalue weighted by Crippen LogP contribution is 1.99. The van der Waals surface area contributed by atoms with Gasteiger partial charge in [0.2, 0.25) is 15.9 Å². The first-order valence-electron chi connectivity index (χ1n) is 3.71. The minimum absolute atomic E-state index is 0.869. The fourth-order valence-corrected chi connectivity index (χ4v) is 1.62. The fraction of sp³-hybridized carbons (Fsp3) is 0.667. The number of sulfonamides is 1. The first-order valence-corrected chi connectivity index (χ1v) is 5.26. The van der Waals surface area contributed by atoms with Gasteiger partial charge in [0.15, 0.2) is 5.25 Å². The Balaban J connectivity index is 4.67. The molecule has 0 saturated heterocycles. The van der Waals surface area contributed by atoms with Crippen molar-refractivity contribution < 1.29 is 23.1 Å². The number of nitrogens with two attached hydrogens (primary N) is 1. The average Bonchev–Trinajstić information content (AvgIpc) is 2.01. The fourth-order valence-electron chi connectivity index (χ4n) is 0.539. The third-order valence-electron chi connectivity index (χ3n) is 1.58. The van der Waals surface area contributed by atoms with Crippen molar-refractivity contribution in [3.8, 4) is 0 Å². The highest BCUT2D eigenvalue weighted by atomic mass is 32.2. The van der Waals surface area contributed by atoms with Gasteiger partial charge in [0.05, 0.1) is 6.04 Å². The van der Waals surface area contributed by atoms with Gasteiger partial charge < -0.3 is 10.8 Å². The molecule has 7 nitrogen and oxygen atoms in total. The molecular weight excluding hydrogens is 212 g/mol. The molecule has 0 fully saturated rings. The molecule has 14 heavy (non-hydrogen) atoms. The summed E-state index contributed by atoms with van der Waals surface area (Å²) in [5.74, 6) is -2.36. The quantitative estimate of drug-likeness (QED) is 0.510. The van der Waals surface area contributed by atoms with Crippen LogP contribution in [0.15, 0.2) is 0 Å². The number of hydrogen-bond donors (Lipinski definition) is 3. The lowest BCUT2D eigenvalue weighted by atomic mass is 10.4. The molecule has 2 unspecified atom stereocenters. The number of carbonyl (C=O) groups is 2. The molecule has 1 amide bonds. The highest BCUT2D eigenvalue weighted by molar-refractivity contribution is 7.90. The zero-order valence-electron chi connectivity index (χ0n) is 7.72. The summed E-state index contributed by atoms with van der Waals surface area (Å²) < 4.78 is 24.2. The van der Waals surface area contributed by atoms with Crippen molar-refractivity contribution in [3.63, 3.8) is 0 Å². The van der Waals surface area contributed by atoms with E-state index in [1.807, 2.05) is 4.72 Å². The van der Waals surface area contributed by atoms with Gasteiger partial charge in [-0.25, -0.2) is 13.1 Å². The second-order valence-electron chi connectivity index (χ2n) is 2.77. The molecular formula is C6H12N2O5S.